The molecule has 2 fully saturated rings. The normalized spacial score (nSPS) is 20.8. The predicted molar refractivity (Wildman–Crippen MR) is 118 cm³/mol. The van der Waals surface area contributed by atoms with E-state index < -0.39 is 11.6 Å². The van der Waals surface area contributed by atoms with Crippen molar-refractivity contribution in [2.45, 2.75) is 58.2 Å². The van der Waals surface area contributed by atoms with Crippen molar-refractivity contribution in [2.24, 2.45) is 0 Å². The predicted octanol–water partition coefficient (Wildman–Crippen LogP) is 2.77. The highest BCUT2D eigenvalue weighted by Crippen LogP contribution is 2.23. The van der Waals surface area contributed by atoms with Gasteiger partial charge in [0.05, 0.1) is 5.69 Å². The third kappa shape index (κ3) is 5.18. The Morgan fingerprint density at radius 1 is 1.10 bits per heavy atom. The van der Waals surface area contributed by atoms with E-state index in [4.69, 9.17) is 4.74 Å². The highest BCUT2D eigenvalue weighted by Gasteiger charge is 2.37. The van der Waals surface area contributed by atoms with Gasteiger partial charge in [0, 0.05) is 51.7 Å². The fraction of sp³-hybridized carbons (Fsp3) is 0.609. The number of likely N-dealkylation sites (tertiary alicyclic amines) is 1. The third-order valence-electron chi connectivity index (χ3n) is 5.90. The summed E-state index contributed by atoms with van der Waals surface area (Å²) >= 11 is 0. The maximum Gasteiger partial charge on any atom is 0.410 e. The molecule has 0 aromatic carbocycles. The van der Waals surface area contributed by atoms with Gasteiger partial charge in [-0.2, -0.15) is 0 Å². The van der Waals surface area contributed by atoms with Crippen LogP contribution in [0.5, 0.6) is 0 Å². The van der Waals surface area contributed by atoms with Gasteiger partial charge in [-0.15, -0.1) is 0 Å². The Balaban J connectivity index is 1.33. The molecule has 8 heteroatoms. The monoisotopic (exact) mass is 427 g/mol. The molecule has 1 unspecified atom stereocenters. The minimum atomic E-state index is -0.564. The third-order valence-corrected chi connectivity index (χ3v) is 5.90. The molecule has 2 amide bonds. The first-order valence-electron chi connectivity index (χ1n) is 11.2. The summed E-state index contributed by atoms with van der Waals surface area (Å²) in [5.74, 6) is 0.0536. The van der Waals surface area contributed by atoms with Crippen LogP contribution in [0.15, 0.2) is 30.6 Å². The highest BCUT2D eigenvalue weighted by molar-refractivity contribution is 5.86. The van der Waals surface area contributed by atoms with Crippen molar-refractivity contribution in [2.75, 3.05) is 32.7 Å². The van der Waals surface area contributed by atoms with E-state index in [1.807, 2.05) is 54.5 Å². The average molecular weight is 428 g/mol. The Labute approximate surface area is 183 Å². The molecule has 2 saturated heterocycles. The van der Waals surface area contributed by atoms with Crippen molar-refractivity contribution in [3.63, 3.8) is 0 Å². The zero-order valence-corrected chi connectivity index (χ0v) is 18.8. The molecule has 168 valence electrons. The number of piperidine rings is 1. The maximum absolute atomic E-state index is 13.3. The van der Waals surface area contributed by atoms with Gasteiger partial charge >= 0.3 is 6.09 Å². The lowest BCUT2D eigenvalue weighted by Gasteiger charge is -2.41. The van der Waals surface area contributed by atoms with Crippen LogP contribution in [0.3, 0.4) is 0 Å². The van der Waals surface area contributed by atoms with Crippen LogP contribution < -0.4 is 0 Å². The average Bonchev–Trinajstić information content (AvgIpc) is 3.15. The zero-order valence-electron chi connectivity index (χ0n) is 18.8. The quantitative estimate of drug-likeness (QED) is 0.753. The van der Waals surface area contributed by atoms with Gasteiger partial charge in [-0.3, -0.25) is 14.6 Å². The topological polar surface area (TPSA) is 70.4 Å². The minimum Gasteiger partial charge on any atom is -0.444 e. The molecule has 4 rings (SSSR count). The van der Waals surface area contributed by atoms with E-state index in [0.29, 0.717) is 26.1 Å². The fourth-order valence-electron chi connectivity index (χ4n) is 4.36. The number of hydrogen-bond donors (Lipinski definition) is 0. The number of pyridine rings is 1. The number of rotatable bonds is 3. The minimum absolute atomic E-state index is 0.0536. The second kappa shape index (κ2) is 8.86. The molecule has 4 heterocycles. The molecule has 0 bridgehead atoms. The number of imidazole rings is 1. The lowest BCUT2D eigenvalue weighted by Crippen LogP contribution is -2.57. The van der Waals surface area contributed by atoms with Crippen molar-refractivity contribution >= 4 is 17.6 Å². The molecule has 2 aliphatic heterocycles. The number of ether oxygens (including phenoxy) is 1. The van der Waals surface area contributed by atoms with Crippen LogP contribution in [0, 0.1) is 0 Å². The number of hydrogen-bond acceptors (Lipinski definition) is 5. The molecule has 0 radical (unpaired) electrons. The molecular formula is C23H33N5O3. The largest absolute Gasteiger partial charge is 0.444 e. The summed E-state index contributed by atoms with van der Waals surface area (Å²) in [6.45, 7) is 9.87. The molecule has 31 heavy (non-hydrogen) atoms. The molecule has 1 atom stereocenters. The fourth-order valence-corrected chi connectivity index (χ4v) is 4.36. The molecule has 0 N–H and O–H groups in total. The van der Waals surface area contributed by atoms with Gasteiger partial charge in [0.15, 0.2) is 0 Å². The molecule has 0 spiro atoms. The summed E-state index contributed by atoms with van der Waals surface area (Å²) in [7, 11) is 0. The van der Waals surface area contributed by atoms with Gasteiger partial charge in [-0.25, -0.2) is 9.78 Å². The number of carbonyl (C=O) groups excluding carboxylic acids is 2. The van der Waals surface area contributed by atoms with E-state index in [1.165, 1.54) is 0 Å². The van der Waals surface area contributed by atoms with Crippen LogP contribution in [0.2, 0.25) is 0 Å². The van der Waals surface area contributed by atoms with Crippen molar-refractivity contribution in [1.29, 1.82) is 0 Å². The maximum atomic E-state index is 13.3. The van der Waals surface area contributed by atoms with Crippen molar-refractivity contribution < 1.29 is 14.3 Å². The van der Waals surface area contributed by atoms with Crippen LogP contribution in [0.4, 0.5) is 4.79 Å². The van der Waals surface area contributed by atoms with Gasteiger partial charge in [0.25, 0.3) is 0 Å². The van der Waals surface area contributed by atoms with E-state index in [9.17, 15) is 9.59 Å². The Hall–Kier alpha value is -2.61. The van der Waals surface area contributed by atoms with Crippen LogP contribution >= 0.6 is 0 Å². The number of carbonyl (C=O) groups is 2. The molecule has 0 saturated carbocycles. The first kappa shape index (κ1) is 21.6. The lowest BCUT2D eigenvalue weighted by molar-refractivity contribution is -0.140. The summed E-state index contributed by atoms with van der Waals surface area (Å²) in [6.07, 6.45) is 6.27. The van der Waals surface area contributed by atoms with Crippen LogP contribution in [-0.4, -0.2) is 80.5 Å². The highest BCUT2D eigenvalue weighted by atomic mass is 16.6. The van der Waals surface area contributed by atoms with Crippen LogP contribution in [-0.2, 0) is 16.1 Å². The van der Waals surface area contributed by atoms with Crippen molar-refractivity contribution in [1.82, 2.24) is 24.1 Å². The number of fused-ring (bicyclic) bond motifs is 1. The van der Waals surface area contributed by atoms with Crippen LogP contribution in [0.1, 0.15) is 45.7 Å². The zero-order chi connectivity index (χ0) is 22.0. The smallest absolute Gasteiger partial charge is 0.410 e. The van der Waals surface area contributed by atoms with E-state index in [2.05, 4.69) is 16.1 Å². The number of amides is 2. The standard InChI is InChI=1S/C23H33N5O3/c1-23(2,3)31-22(30)28-11-7-4-8-19(28)21(29)26-14-12-25(13-15-26)16-18-17-27-10-6-5-9-20(27)24-18/h5-6,9-10,17,19H,4,7-8,11-16H2,1-3H3. The molecule has 8 nitrogen and oxygen atoms in total. The number of nitrogens with zero attached hydrogens (tertiary/aromatic N) is 5. The van der Waals surface area contributed by atoms with Crippen molar-refractivity contribution in [3.8, 4) is 0 Å². The second-order valence-electron chi connectivity index (χ2n) is 9.49. The second-order valence-corrected chi connectivity index (χ2v) is 9.49. The molecule has 0 aliphatic carbocycles. The van der Waals surface area contributed by atoms with Gasteiger partial charge in [0.1, 0.15) is 17.3 Å². The SMILES string of the molecule is CC(C)(C)OC(=O)N1CCCCC1C(=O)N1CCN(Cc2cn3ccccc3n2)CC1. The summed E-state index contributed by atoms with van der Waals surface area (Å²) in [5.41, 5.74) is 1.42. The van der Waals surface area contributed by atoms with E-state index in [0.717, 1.165) is 43.8 Å². The number of piperazine rings is 1. The summed E-state index contributed by atoms with van der Waals surface area (Å²) in [4.78, 5) is 36.5. The Morgan fingerprint density at radius 2 is 1.87 bits per heavy atom. The van der Waals surface area contributed by atoms with E-state index in [1.54, 1.807) is 4.90 Å². The Bertz CT molecular complexity index is 894. The van der Waals surface area contributed by atoms with Gasteiger partial charge in [-0.1, -0.05) is 6.07 Å². The molecule has 2 aromatic rings. The van der Waals surface area contributed by atoms with Crippen molar-refractivity contribution in [3.05, 3.63) is 36.3 Å². The Morgan fingerprint density at radius 3 is 2.58 bits per heavy atom. The Kier molecular flexibility index (Phi) is 6.18. The van der Waals surface area contributed by atoms with Gasteiger partial charge in [0.2, 0.25) is 5.91 Å². The van der Waals surface area contributed by atoms with Gasteiger partial charge < -0.3 is 14.0 Å². The number of aromatic nitrogens is 2. The molecule has 2 aliphatic rings. The van der Waals surface area contributed by atoms with Gasteiger partial charge in [-0.05, 0) is 52.2 Å². The first-order valence-corrected chi connectivity index (χ1v) is 11.2. The van der Waals surface area contributed by atoms with E-state index >= 15 is 0 Å². The lowest BCUT2D eigenvalue weighted by atomic mass is 10.0. The first-order chi connectivity index (χ1) is 14.8. The summed E-state index contributed by atoms with van der Waals surface area (Å²) in [6, 6.07) is 5.58. The summed E-state index contributed by atoms with van der Waals surface area (Å²) in [5, 5.41) is 0. The van der Waals surface area contributed by atoms with Crippen LogP contribution in [0.25, 0.3) is 5.65 Å². The molecule has 2 aromatic heterocycles. The van der Waals surface area contributed by atoms with E-state index in [-0.39, 0.29) is 12.0 Å². The molecular weight excluding hydrogens is 394 g/mol. The summed E-state index contributed by atoms with van der Waals surface area (Å²) < 4.78 is 7.58.